The number of hydrogen-bond acceptors (Lipinski definition) is 5. The molecular formula is C28H28F2N2O4S. The van der Waals surface area contributed by atoms with Crippen LogP contribution in [0.3, 0.4) is 0 Å². The summed E-state index contributed by atoms with van der Waals surface area (Å²) in [5.74, 6) is -5.00. The zero-order valence-corrected chi connectivity index (χ0v) is 21.9. The molecule has 0 radical (unpaired) electrons. The molecule has 0 atom stereocenters. The highest BCUT2D eigenvalue weighted by atomic mass is 32.1. The number of nitrogens with one attached hydrogen (secondary N) is 1. The van der Waals surface area contributed by atoms with Crippen molar-refractivity contribution < 1.29 is 28.2 Å². The Kier molecular flexibility index (Phi) is 7.45. The minimum atomic E-state index is -1.47. The highest BCUT2D eigenvalue weighted by molar-refractivity contribution is 7.16. The van der Waals surface area contributed by atoms with Gasteiger partial charge in [0.2, 0.25) is 5.76 Å². The van der Waals surface area contributed by atoms with Gasteiger partial charge in [-0.3, -0.25) is 10.1 Å². The molecule has 0 unspecified atom stereocenters. The Morgan fingerprint density at radius 2 is 1.89 bits per heavy atom. The van der Waals surface area contributed by atoms with Gasteiger partial charge in [0.1, 0.15) is 11.6 Å². The number of carbonyl (C=O) groups is 2. The van der Waals surface area contributed by atoms with Crippen LogP contribution in [0.1, 0.15) is 59.1 Å². The van der Waals surface area contributed by atoms with Gasteiger partial charge in [0.15, 0.2) is 5.13 Å². The third kappa shape index (κ3) is 5.88. The number of fused-ring (bicyclic) bond motifs is 3. The lowest BCUT2D eigenvalue weighted by Gasteiger charge is -2.22. The molecular weight excluding hydrogens is 498 g/mol. The molecule has 1 amide bonds. The third-order valence-corrected chi connectivity index (χ3v) is 7.27. The van der Waals surface area contributed by atoms with Gasteiger partial charge in [-0.15, -0.1) is 11.3 Å². The normalized spacial score (nSPS) is 13.1. The number of aryl methyl sites for hydroxylation is 2. The number of rotatable bonds is 7. The number of amides is 1. The van der Waals surface area contributed by atoms with Crippen LogP contribution in [0.2, 0.25) is 0 Å². The van der Waals surface area contributed by atoms with Gasteiger partial charge in [-0.25, -0.2) is 18.6 Å². The van der Waals surface area contributed by atoms with E-state index in [4.69, 9.17) is 5.11 Å². The van der Waals surface area contributed by atoms with Crippen molar-refractivity contribution in [2.45, 2.75) is 46.5 Å². The zero-order valence-electron chi connectivity index (χ0n) is 21.1. The predicted octanol–water partition coefficient (Wildman–Crippen LogP) is 6.49. The van der Waals surface area contributed by atoms with E-state index in [2.05, 4.69) is 41.9 Å². The zero-order chi connectivity index (χ0) is 26.9. The van der Waals surface area contributed by atoms with Crippen molar-refractivity contribution in [1.82, 2.24) is 4.98 Å². The Hall–Kier alpha value is -3.59. The molecule has 9 heteroatoms. The first-order chi connectivity index (χ1) is 17.5. The first kappa shape index (κ1) is 26.5. The van der Waals surface area contributed by atoms with Crippen LogP contribution in [0.15, 0.2) is 36.1 Å². The van der Waals surface area contributed by atoms with Crippen LogP contribution >= 0.6 is 11.3 Å². The summed E-state index contributed by atoms with van der Waals surface area (Å²) >= 11 is 1.35. The van der Waals surface area contributed by atoms with Crippen molar-refractivity contribution >= 4 is 34.4 Å². The lowest BCUT2D eigenvalue weighted by Crippen LogP contribution is -2.13. The number of benzene rings is 2. The molecule has 0 spiro atoms. The van der Waals surface area contributed by atoms with Crippen LogP contribution in [0.4, 0.5) is 13.9 Å². The third-order valence-electron chi connectivity index (χ3n) is 6.24. The second-order valence-corrected chi connectivity index (χ2v) is 11.2. The molecule has 1 aliphatic carbocycles. The molecule has 1 aromatic heterocycles. The number of nitrogens with zero attached hydrogens (tertiary/aromatic N) is 1. The minimum absolute atomic E-state index is 0.233. The van der Waals surface area contributed by atoms with Gasteiger partial charge in [0.05, 0.1) is 12.8 Å². The number of anilines is 1. The standard InChI is InChI=1S/C28H28F2N2O4S/c1-28(2,3)11-10-15-6-5-7-18-17(15)8-9-23-24(18)31-27(37-23)32-25(33)16-12-20(29)19(21(30)13-16)14-22(36-4)26(34)35/h5-7,12-14H,8-11H2,1-4H3,(H,34,35)(H,31,32,33). The number of aromatic nitrogens is 1. The van der Waals surface area contributed by atoms with E-state index in [1.54, 1.807) is 0 Å². The summed E-state index contributed by atoms with van der Waals surface area (Å²) in [4.78, 5) is 29.6. The van der Waals surface area contributed by atoms with Gasteiger partial charge in [0, 0.05) is 27.6 Å². The Morgan fingerprint density at radius 3 is 2.51 bits per heavy atom. The fraction of sp³-hybridized carbons (Fsp3) is 0.321. The summed E-state index contributed by atoms with van der Waals surface area (Å²) in [6, 6.07) is 7.94. The highest BCUT2D eigenvalue weighted by Gasteiger charge is 2.25. The van der Waals surface area contributed by atoms with Crippen molar-refractivity contribution in [1.29, 1.82) is 0 Å². The Morgan fingerprint density at radius 1 is 1.19 bits per heavy atom. The van der Waals surface area contributed by atoms with Crippen LogP contribution in [0.5, 0.6) is 0 Å². The number of carbonyl (C=O) groups excluding carboxylic acids is 1. The van der Waals surface area contributed by atoms with Gasteiger partial charge in [-0.1, -0.05) is 39.0 Å². The smallest absolute Gasteiger partial charge is 0.371 e. The maximum atomic E-state index is 14.6. The molecule has 1 heterocycles. The number of halogens is 2. The molecule has 6 nitrogen and oxygen atoms in total. The molecule has 4 rings (SSSR count). The summed E-state index contributed by atoms with van der Waals surface area (Å²) in [6.07, 6.45) is 4.48. The van der Waals surface area contributed by atoms with Crippen molar-refractivity contribution in [2.75, 3.05) is 12.4 Å². The monoisotopic (exact) mass is 526 g/mol. The second kappa shape index (κ2) is 10.4. The Bertz CT molecular complexity index is 1380. The lowest BCUT2D eigenvalue weighted by molar-refractivity contribution is -0.135. The molecule has 2 aromatic carbocycles. The second-order valence-electron chi connectivity index (χ2n) is 10.1. The largest absolute Gasteiger partial charge is 0.490 e. The van der Waals surface area contributed by atoms with Gasteiger partial charge < -0.3 is 9.84 Å². The molecule has 3 aromatic rings. The number of ether oxygens (including phenoxy) is 1. The van der Waals surface area contributed by atoms with E-state index >= 15 is 0 Å². The van der Waals surface area contributed by atoms with E-state index in [1.165, 1.54) is 22.5 Å². The maximum absolute atomic E-state index is 14.6. The minimum Gasteiger partial charge on any atom is -0.490 e. The fourth-order valence-corrected chi connectivity index (χ4v) is 5.25. The molecule has 194 valence electrons. The Balaban J connectivity index is 1.57. The molecule has 0 saturated carbocycles. The van der Waals surface area contributed by atoms with E-state index in [0.717, 1.165) is 67.1 Å². The molecule has 0 fully saturated rings. The quantitative estimate of drug-likeness (QED) is 0.271. The van der Waals surface area contributed by atoms with E-state index < -0.39 is 34.8 Å². The average molecular weight is 527 g/mol. The summed E-state index contributed by atoms with van der Waals surface area (Å²) in [7, 11) is 1.08. The summed E-state index contributed by atoms with van der Waals surface area (Å²) < 4.78 is 33.8. The summed E-state index contributed by atoms with van der Waals surface area (Å²) in [5, 5.41) is 12.0. The van der Waals surface area contributed by atoms with E-state index in [0.29, 0.717) is 5.13 Å². The van der Waals surface area contributed by atoms with E-state index in [1.807, 2.05) is 12.1 Å². The molecule has 0 bridgehead atoms. The molecule has 37 heavy (non-hydrogen) atoms. The number of thiazole rings is 1. The first-order valence-corrected chi connectivity index (χ1v) is 12.7. The van der Waals surface area contributed by atoms with Crippen molar-refractivity contribution in [3.05, 3.63) is 74.9 Å². The van der Waals surface area contributed by atoms with Crippen molar-refractivity contribution in [2.24, 2.45) is 5.41 Å². The molecule has 2 N–H and O–H groups in total. The average Bonchev–Trinajstić information content (AvgIpc) is 3.24. The highest BCUT2D eigenvalue weighted by Crippen LogP contribution is 2.40. The number of carboxylic acids is 1. The molecule has 0 saturated heterocycles. The van der Waals surface area contributed by atoms with Crippen LogP contribution < -0.4 is 5.32 Å². The van der Waals surface area contributed by atoms with Crippen molar-refractivity contribution in [3.63, 3.8) is 0 Å². The summed E-state index contributed by atoms with van der Waals surface area (Å²) in [5.41, 5.74) is 3.86. The number of carboxylic acid groups (broad SMARTS) is 1. The van der Waals surface area contributed by atoms with Crippen LogP contribution in [-0.4, -0.2) is 29.1 Å². The van der Waals surface area contributed by atoms with Gasteiger partial charge in [0.25, 0.3) is 5.91 Å². The van der Waals surface area contributed by atoms with Crippen LogP contribution in [0, 0.1) is 17.0 Å². The lowest BCUT2D eigenvalue weighted by atomic mass is 9.84. The molecule has 0 aliphatic heterocycles. The number of methoxy groups -OCH3 is 1. The van der Waals surface area contributed by atoms with E-state index in [-0.39, 0.29) is 11.0 Å². The fourth-order valence-electron chi connectivity index (χ4n) is 4.28. The first-order valence-electron chi connectivity index (χ1n) is 11.9. The summed E-state index contributed by atoms with van der Waals surface area (Å²) in [6.45, 7) is 6.68. The SMILES string of the molecule is COC(=Cc1c(F)cc(C(=O)Nc2nc3c(s2)CCc2c(CCC(C)(C)C)cccc2-3)cc1F)C(=O)O. The van der Waals surface area contributed by atoms with Crippen molar-refractivity contribution in [3.8, 4) is 11.3 Å². The maximum Gasteiger partial charge on any atom is 0.371 e. The Labute approximate surface area is 218 Å². The van der Waals surface area contributed by atoms with Gasteiger partial charge in [-0.05, 0) is 54.4 Å². The molecule has 1 aliphatic rings. The topological polar surface area (TPSA) is 88.5 Å². The van der Waals surface area contributed by atoms with Crippen LogP contribution in [-0.2, 0) is 28.8 Å². The van der Waals surface area contributed by atoms with Gasteiger partial charge >= 0.3 is 5.97 Å². The van der Waals surface area contributed by atoms with Gasteiger partial charge in [-0.2, -0.15) is 0 Å². The number of aliphatic carboxylic acids is 1. The van der Waals surface area contributed by atoms with E-state index in [9.17, 15) is 18.4 Å². The van der Waals surface area contributed by atoms with Crippen LogP contribution in [0.25, 0.3) is 17.3 Å². The predicted molar refractivity (Wildman–Crippen MR) is 140 cm³/mol. The number of hydrogen-bond donors (Lipinski definition) is 2.